The van der Waals surface area contributed by atoms with Gasteiger partial charge < -0.3 is 10.2 Å². The number of hydrogen-bond donors (Lipinski definition) is 1. The van der Waals surface area contributed by atoms with Gasteiger partial charge in [-0.15, -0.1) is 0 Å². The number of rotatable bonds is 5. The van der Waals surface area contributed by atoms with Crippen molar-refractivity contribution in [3.05, 3.63) is 56.9 Å². The molecule has 1 unspecified atom stereocenters. The van der Waals surface area contributed by atoms with Crippen LogP contribution in [-0.4, -0.2) is 18.5 Å². The minimum atomic E-state index is 0.0787. The standard InChI is InChI=1S/C14H16Br2N2O/c1-18(9-10-2-4-11(15)5-3-10)12(8-17)13-6-7-14(16)19-13/h2-7,12H,8-9,17H2,1H3. The van der Waals surface area contributed by atoms with Crippen LogP contribution in [0.15, 0.2) is 50.0 Å². The predicted molar refractivity (Wildman–Crippen MR) is 83.8 cm³/mol. The molecule has 0 fully saturated rings. The van der Waals surface area contributed by atoms with E-state index in [0.29, 0.717) is 6.54 Å². The molecule has 0 bridgehead atoms. The summed E-state index contributed by atoms with van der Waals surface area (Å²) in [5.41, 5.74) is 7.11. The van der Waals surface area contributed by atoms with Crippen molar-refractivity contribution in [2.24, 2.45) is 5.73 Å². The largest absolute Gasteiger partial charge is 0.453 e. The third-order valence-electron chi connectivity index (χ3n) is 3.02. The molecule has 2 aromatic rings. The Balaban J connectivity index is 2.08. The van der Waals surface area contributed by atoms with Crippen LogP contribution < -0.4 is 5.73 Å². The number of nitrogens with zero attached hydrogens (tertiary/aromatic N) is 1. The predicted octanol–water partition coefficient (Wildman–Crippen LogP) is 3.94. The Bertz CT molecular complexity index is 524. The maximum atomic E-state index is 5.87. The van der Waals surface area contributed by atoms with Crippen molar-refractivity contribution in [3.8, 4) is 0 Å². The van der Waals surface area contributed by atoms with Crippen molar-refractivity contribution in [1.29, 1.82) is 0 Å². The molecule has 1 aromatic heterocycles. The molecule has 1 aromatic carbocycles. The summed E-state index contributed by atoms with van der Waals surface area (Å²) in [4.78, 5) is 2.19. The van der Waals surface area contributed by atoms with Crippen LogP contribution in [0.1, 0.15) is 17.4 Å². The average molecular weight is 388 g/mol. The molecule has 2 N–H and O–H groups in total. The lowest BCUT2D eigenvalue weighted by Gasteiger charge is -2.25. The van der Waals surface area contributed by atoms with Gasteiger partial charge in [-0.05, 0) is 52.8 Å². The zero-order valence-electron chi connectivity index (χ0n) is 10.6. The SMILES string of the molecule is CN(Cc1ccc(Br)cc1)C(CN)c1ccc(Br)o1. The van der Waals surface area contributed by atoms with Crippen LogP contribution >= 0.6 is 31.9 Å². The van der Waals surface area contributed by atoms with E-state index in [2.05, 4.69) is 55.9 Å². The summed E-state index contributed by atoms with van der Waals surface area (Å²) in [6.45, 7) is 1.35. The van der Waals surface area contributed by atoms with Gasteiger partial charge in [-0.2, -0.15) is 0 Å². The number of furan rings is 1. The van der Waals surface area contributed by atoms with Gasteiger partial charge in [0.25, 0.3) is 0 Å². The highest BCUT2D eigenvalue weighted by Crippen LogP contribution is 2.25. The number of halogens is 2. The lowest BCUT2D eigenvalue weighted by atomic mass is 10.1. The van der Waals surface area contributed by atoms with Crippen LogP contribution in [0.25, 0.3) is 0 Å². The van der Waals surface area contributed by atoms with Gasteiger partial charge in [0, 0.05) is 17.6 Å². The quantitative estimate of drug-likeness (QED) is 0.844. The minimum absolute atomic E-state index is 0.0787. The Kier molecular flexibility index (Phi) is 5.21. The van der Waals surface area contributed by atoms with Gasteiger partial charge in [-0.3, -0.25) is 4.90 Å². The van der Waals surface area contributed by atoms with Gasteiger partial charge in [-0.25, -0.2) is 0 Å². The molecular weight excluding hydrogens is 372 g/mol. The Morgan fingerprint density at radius 1 is 1.16 bits per heavy atom. The molecule has 0 aliphatic rings. The van der Waals surface area contributed by atoms with Crippen molar-refractivity contribution in [2.45, 2.75) is 12.6 Å². The number of benzene rings is 1. The van der Waals surface area contributed by atoms with Gasteiger partial charge in [0.2, 0.25) is 0 Å². The molecule has 0 aliphatic carbocycles. The molecule has 2 rings (SSSR count). The van der Waals surface area contributed by atoms with Gasteiger partial charge in [0.1, 0.15) is 5.76 Å². The van der Waals surface area contributed by atoms with Crippen molar-refractivity contribution >= 4 is 31.9 Å². The highest BCUT2D eigenvalue weighted by atomic mass is 79.9. The maximum Gasteiger partial charge on any atom is 0.169 e. The molecule has 3 nitrogen and oxygen atoms in total. The first-order valence-corrected chi connectivity index (χ1v) is 7.58. The average Bonchev–Trinajstić information content (AvgIpc) is 2.80. The second kappa shape index (κ2) is 6.70. The second-order valence-corrected chi connectivity index (χ2v) is 6.13. The van der Waals surface area contributed by atoms with E-state index < -0.39 is 0 Å². The summed E-state index contributed by atoms with van der Waals surface area (Å²) in [7, 11) is 2.05. The summed E-state index contributed by atoms with van der Waals surface area (Å²) in [5.74, 6) is 0.883. The fraction of sp³-hybridized carbons (Fsp3) is 0.286. The number of nitrogens with two attached hydrogens (primary N) is 1. The van der Waals surface area contributed by atoms with Crippen molar-refractivity contribution < 1.29 is 4.42 Å². The lowest BCUT2D eigenvalue weighted by molar-refractivity contribution is 0.211. The first-order chi connectivity index (χ1) is 9.10. The van der Waals surface area contributed by atoms with Gasteiger partial charge in [0.05, 0.1) is 6.04 Å². The van der Waals surface area contributed by atoms with E-state index in [9.17, 15) is 0 Å². The summed E-state index contributed by atoms with van der Waals surface area (Å²) in [5, 5.41) is 0. The summed E-state index contributed by atoms with van der Waals surface area (Å²) < 4.78 is 7.42. The van der Waals surface area contributed by atoms with Crippen LogP contribution in [-0.2, 0) is 6.54 Å². The molecule has 1 atom stereocenters. The highest BCUT2D eigenvalue weighted by molar-refractivity contribution is 9.10. The van der Waals surface area contributed by atoms with E-state index in [4.69, 9.17) is 10.2 Å². The third kappa shape index (κ3) is 3.92. The van der Waals surface area contributed by atoms with E-state index in [-0.39, 0.29) is 6.04 Å². The summed E-state index contributed by atoms with van der Waals surface area (Å²) in [6, 6.07) is 12.2. The fourth-order valence-corrected chi connectivity index (χ4v) is 2.59. The minimum Gasteiger partial charge on any atom is -0.453 e. The van der Waals surface area contributed by atoms with E-state index in [1.165, 1.54) is 5.56 Å². The smallest absolute Gasteiger partial charge is 0.169 e. The van der Waals surface area contributed by atoms with E-state index in [1.54, 1.807) is 0 Å². The Hall–Kier alpha value is -0.620. The van der Waals surface area contributed by atoms with Crippen molar-refractivity contribution in [1.82, 2.24) is 4.90 Å². The van der Waals surface area contributed by atoms with Crippen LogP contribution in [0.3, 0.4) is 0 Å². The van der Waals surface area contributed by atoms with Gasteiger partial charge in [0.15, 0.2) is 4.67 Å². The van der Waals surface area contributed by atoms with Crippen LogP contribution in [0.4, 0.5) is 0 Å². The molecular formula is C14H16Br2N2O. The van der Waals surface area contributed by atoms with E-state index >= 15 is 0 Å². The van der Waals surface area contributed by atoms with Gasteiger partial charge in [-0.1, -0.05) is 28.1 Å². The Morgan fingerprint density at radius 2 is 1.84 bits per heavy atom. The second-order valence-electron chi connectivity index (χ2n) is 4.43. The van der Waals surface area contributed by atoms with Crippen LogP contribution in [0.2, 0.25) is 0 Å². The lowest BCUT2D eigenvalue weighted by Crippen LogP contribution is -2.29. The molecule has 102 valence electrons. The van der Waals surface area contributed by atoms with Gasteiger partial charge >= 0.3 is 0 Å². The maximum absolute atomic E-state index is 5.87. The summed E-state index contributed by atoms with van der Waals surface area (Å²) >= 11 is 6.76. The molecule has 0 spiro atoms. The van der Waals surface area contributed by atoms with E-state index in [0.717, 1.165) is 21.4 Å². The number of hydrogen-bond acceptors (Lipinski definition) is 3. The van der Waals surface area contributed by atoms with E-state index in [1.807, 2.05) is 24.3 Å². The molecule has 0 saturated carbocycles. The fourth-order valence-electron chi connectivity index (χ4n) is 2.01. The molecule has 0 saturated heterocycles. The Labute approximate surface area is 130 Å². The highest BCUT2D eigenvalue weighted by Gasteiger charge is 2.19. The normalized spacial score (nSPS) is 12.9. The third-order valence-corrected chi connectivity index (χ3v) is 3.98. The molecule has 0 amide bonds. The molecule has 5 heteroatoms. The van der Waals surface area contributed by atoms with Crippen LogP contribution in [0.5, 0.6) is 0 Å². The topological polar surface area (TPSA) is 42.4 Å². The number of likely N-dealkylation sites (N-methyl/N-ethyl adjacent to an activating group) is 1. The van der Waals surface area contributed by atoms with Crippen LogP contribution in [0, 0.1) is 0 Å². The Morgan fingerprint density at radius 3 is 2.37 bits per heavy atom. The zero-order valence-corrected chi connectivity index (χ0v) is 13.8. The monoisotopic (exact) mass is 386 g/mol. The molecule has 1 heterocycles. The molecule has 0 radical (unpaired) electrons. The first-order valence-electron chi connectivity index (χ1n) is 6.00. The first kappa shape index (κ1) is 14.8. The van der Waals surface area contributed by atoms with Crippen molar-refractivity contribution in [3.63, 3.8) is 0 Å². The molecule has 19 heavy (non-hydrogen) atoms. The zero-order chi connectivity index (χ0) is 13.8. The summed E-state index contributed by atoms with van der Waals surface area (Å²) in [6.07, 6.45) is 0. The van der Waals surface area contributed by atoms with Crippen molar-refractivity contribution in [2.75, 3.05) is 13.6 Å². The molecule has 0 aliphatic heterocycles.